The van der Waals surface area contributed by atoms with Crippen LogP contribution in [0.15, 0.2) is 54.7 Å². The molecule has 0 fully saturated rings. The van der Waals surface area contributed by atoms with E-state index in [0.717, 1.165) is 35.0 Å². The third-order valence-corrected chi connectivity index (χ3v) is 6.05. The number of hydrogen-bond acceptors (Lipinski definition) is 4. The molecule has 3 N–H and O–H groups in total. The molecule has 0 spiro atoms. The highest BCUT2D eigenvalue weighted by Crippen LogP contribution is 2.37. The van der Waals surface area contributed by atoms with Crippen molar-refractivity contribution < 1.29 is 19.5 Å². The van der Waals surface area contributed by atoms with Crippen LogP contribution in [-0.2, 0) is 22.4 Å². The lowest BCUT2D eigenvalue weighted by Gasteiger charge is -2.32. The fraction of sp³-hybridized carbons (Fsp3) is 0.333. The van der Waals surface area contributed by atoms with Gasteiger partial charge in [-0.15, -0.1) is 0 Å². The van der Waals surface area contributed by atoms with E-state index in [1.54, 1.807) is 11.6 Å². The van der Waals surface area contributed by atoms with Gasteiger partial charge in [0.25, 0.3) is 5.91 Å². The smallest absolute Gasteiger partial charge is 0.410 e. The predicted octanol–water partition coefficient (Wildman–Crippen LogP) is 5.15. The van der Waals surface area contributed by atoms with Gasteiger partial charge in [-0.2, -0.15) is 0 Å². The number of aromatic amines is 1. The van der Waals surface area contributed by atoms with Crippen LogP contribution in [0.4, 0.5) is 4.79 Å². The minimum atomic E-state index is -0.584. The van der Waals surface area contributed by atoms with Crippen molar-refractivity contribution in [1.82, 2.24) is 15.4 Å². The van der Waals surface area contributed by atoms with Crippen LogP contribution in [0.5, 0.6) is 0 Å². The molecule has 0 bridgehead atoms. The molecule has 178 valence electrons. The molecule has 0 saturated carbocycles. The zero-order chi connectivity index (χ0) is 24.3. The van der Waals surface area contributed by atoms with Crippen molar-refractivity contribution in [3.8, 4) is 0 Å². The molecule has 4 rings (SSSR count). The molecule has 34 heavy (non-hydrogen) atoms. The van der Waals surface area contributed by atoms with E-state index < -0.39 is 11.5 Å². The van der Waals surface area contributed by atoms with E-state index in [0.29, 0.717) is 13.0 Å². The number of amides is 2. The minimum Gasteiger partial charge on any atom is -0.444 e. The molecule has 2 aromatic carbocycles. The molecule has 2 amide bonds. The molecule has 7 nitrogen and oxygen atoms in total. The first-order valence-corrected chi connectivity index (χ1v) is 11.5. The SMILES string of the molecule is CC(C)(C)OC(=O)N(CCc1c[nH]c2ccccc12)C1CCc2cc(C=CC(=O)NO)ccc21. The Hall–Kier alpha value is -3.58. The molecule has 1 aliphatic rings. The van der Waals surface area contributed by atoms with E-state index in [2.05, 4.69) is 11.1 Å². The standard InChI is InChI=1S/C27H31N3O4/c1-27(2,3)34-26(32)30(15-14-20-17-28-23-7-5-4-6-21(20)23)24-12-10-19-16-18(8-11-22(19)24)9-13-25(31)29-33/h4-9,11,13,16-17,24,28,33H,10,12,14-15H2,1-3H3,(H,29,31). The van der Waals surface area contributed by atoms with E-state index >= 15 is 0 Å². The Morgan fingerprint density at radius 1 is 1.24 bits per heavy atom. The Morgan fingerprint density at radius 2 is 2.03 bits per heavy atom. The molecule has 0 aliphatic heterocycles. The molecular formula is C27H31N3O4. The average molecular weight is 462 g/mol. The van der Waals surface area contributed by atoms with Crippen LogP contribution in [0.3, 0.4) is 0 Å². The summed E-state index contributed by atoms with van der Waals surface area (Å²) < 4.78 is 5.79. The first-order valence-electron chi connectivity index (χ1n) is 11.5. The molecule has 7 heteroatoms. The van der Waals surface area contributed by atoms with Crippen molar-refractivity contribution in [2.45, 2.75) is 51.7 Å². The van der Waals surface area contributed by atoms with Gasteiger partial charge in [0.05, 0.1) is 6.04 Å². The number of hydroxylamine groups is 1. The van der Waals surface area contributed by atoms with Crippen molar-refractivity contribution in [3.63, 3.8) is 0 Å². The summed E-state index contributed by atoms with van der Waals surface area (Å²) in [5, 5.41) is 9.84. The summed E-state index contributed by atoms with van der Waals surface area (Å²) in [6.45, 7) is 6.19. The summed E-state index contributed by atoms with van der Waals surface area (Å²) in [5.41, 5.74) is 6.39. The fourth-order valence-electron chi connectivity index (χ4n) is 4.53. The highest BCUT2D eigenvalue weighted by molar-refractivity contribution is 5.90. The first-order chi connectivity index (χ1) is 16.2. The van der Waals surface area contributed by atoms with Gasteiger partial charge >= 0.3 is 6.09 Å². The van der Waals surface area contributed by atoms with Gasteiger partial charge in [0.2, 0.25) is 0 Å². The van der Waals surface area contributed by atoms with Crippen molar-refractivity contribution >= 4 is 29.0 Å². The number of benzene rings is 2. The molecule has 3 aromatic rings. The number of aryl methyl sites for hydroxylation is 1. The zero-order valence-electron chi connectivity index (χ0n) is 19.8. The van der Waals surface area contributed by atoms with Gasteiger partial charge in [-0.25, -0.2) is 10.3 Å². The lowest BCUT2D eigenvalue weighted by atomic mass is 10.0. The van der Waals surface area contributed by atoms with Gasteiger partial charge in [-0.3, -0.25) is 10.0 Å². The lowest BCUT2D eigenvalue weighted by molar-refractivity contribution is -0.124. The number of ether oxygens (including phenoxy) is 1. The van der Waals surface area contributed by atoms with Crippen molar-refractivity contribution in [3.05, 3.63) is 77.0 Å². The summed E-state index contributed by atoms with van der Waals surface area (Å²) in [6, 6.07) is 14.1. The Bertz CT molecular complexity index is 1220. The topological polar surface area (TPSA) is 94.7 Å². The van der Waals surface area contributed by atoms with E-state index in [4.69, 9.17) is 9.94 Å². The molecule has 0 saturated heterocycles. The van der Waals surface area contributed by atoms with E-state index in [-0.39, 0.29) is 12.1 Å². The maximum absolute atomic E-state index is 13.3. The minimum absolute atomic E-state index is 0.0752. The fourth-order valence-corrected chi connectivity index (χ4v) is 4.53. The van der Waals surface area contributed by atoms with Crippen molar-refractivity contribution in [1.29, 1.82) is 0 Å². The van der Waals surface area contributed by atoms with E-state index in [9.17, 15) is 9.59 Å². The molecular weight excluding hydrogens is 430 g/mol. The van der Waals surface area contributed by atoms with E-state index in [1.165, 1.54) is 17.0 Å². The lowest BCUT2D eigenvalue weighted by Crippen LogP contribution is -2.40. The van der Waals surface area contributed by atoms with Crippen LogP contribution in [-0.4, -0.2) is 39.2 Å². The van der Waals surface area contributed by atoms with Crippen molar-refractivity contribution in [2.75, 3.05) is 6.54 Å². The number of hydrogen-bond donors (Lipinski definition) is 3. The summed E-state index contributed by atoms with van der Waals surface area (Å²) >= 11 is 0. The molecule has 1 heterocycles. The van der Waals surface area contributed by atoms with Crippen LogP contribution in [0.25, 0.3) is 17.0 Å². The zero-order valence-corrected chi connectivity index (χ0v) is 19.8. The number of fused-ring (bicyclic) bond motifs is 2. The Labute approximate surface area is 199 Å². The number of carbonyl (C=O) groups is 2. The molecule has 1 unspecified atom stereocenters. The second-order valence-electron chi connectivity index (χ2n) is 9.61. The highest BCUT2D eigenvalue weighted by atomic mass is 16.6. The van der Waals surface area contributed by atoms with Crippen LogP contribution in [0, 0.1) is 0 Å². The Kier molecular flexibility index (Phi) is 6.75. The third-order valence-electron chi connectivity index (χ3n) is 6.05. The number of nitrogens with one attached hydrogen (secondary N) is 2. The van der Waals surface area contributed by atoms with Crippen LogP contribution < -0.4 is 5.48 Å². The largest absolute Gasteiger partial charge is 0.444 e. The van der Waals surface area contributed by atoms with Crippen LogP contribution >= 0.6 is 0 Å². The normalized spacial score (nSPS) is 15.5. The monoisotopic (exact) mass is 461 g/mol. The number of para-hydroxylation sites is 1. The van der Waals surface area contributed by atoms with Gasteiger partial charge in [0.1, 0.15) is 5.60 Å². The van der Waals surface area contributed by atoms with E-state index in [1.807, 2.05) is 68.3 Å². The summed E-state index contributed by atoms with van der Waals surface area (Å²) in [7, 11) is 0. The van der Waals surface area contributed by atoms with Crippen molar-refractivity contribution in [2.24, 2.45) is 0 Å². The van der Waals surface area contributed by atoms with Gasteiger partial charge in [-0.05, 0) is 74.4 Å². The summed E-state index contributed by atoms with van der Waals surface area (Å²) in [6.07, 6.45) is 7.00. The average Bonchev–Trinajstić information content (AvgIpc) is 3.40. The summed E-state index contributed by atoms with van der Waals surface area (Å²) in [4.78, 5) is 29.7. The third kappa shape index (κ3) is 5.31. The number of rotatable bonds is 6. The number of H-pyrrole nitrogens is 1. The quantitative estimate of drug-likeness (QED) is 0.269. The second-order valence-corrected chi connectivity index (χ2v) is 9.61. The van der Waals surface area contributed by atoms with Gasteiger partial charge in [0.15, 0.2) is 0 Å². The predicted molar refractivity (Wildman–Crippen MR) is 131 cm³/mol. The Morgan fingerprint density at radius 3 is 2.79 bits per heavy atom. The van der Waals surface area contributed by atoms with Gasteiger partial charge in [-0.1, -0.05) is 36.4 Å². The molecule has 1 aliphatic carbocycles. The van der Waals surface area contributed by atoms with Crippen LogP contribution in [0.2, 0.25) is 0 Å². The van der Waals surface area contributed by atoms with Gasteiger partial charge in [0, 0.05) is 29.7 Å². The molecule has 0 radical (unpaired) electrons. The second kappa shape index (κ2) is 9.73. The Balaban J connectivity index is 1.58. The summed E-state index contributed by atoms with van der Waals surface area (Å²) in [5.74, 6) is -0.577. The molecule has 1 atom stereocenters. The van der Waals surface area contributed by atoms with Gasteiger partial charge < -0.3 is 14.6 Å². The number of nitrogens with zero attached hydrogens (tertiary/aromatic N) is 1. The number of aromatic nitrogens is 1. The first kappa shape index (κ1) is 23.6. The highest BCUT2D eigenvalue weighted by Gasteiger charge is 2.33. The van der Waals surface area contributed by atoms with Crippen LogP contribution in [0.1, 0.15) is 55.5 Å². The number of carbonyl (C=O) groups excluding carboxylic acids is 2. The molecule has 1 aromatic heterocycles. The maximum Gasteiger partial charge on any atom is 0.410 e. The maximum atomic E-state index is 13.3.